The predicted octanol–water partition coefficient (Wildman–Crippen LogP) is 4.85. The Morgan fingerprint density at radius 3 is 2.32 bits per heavy atom. The van der Waals surface area contributed by atoms with Crippen molar-refractivity contribution >= 4 is 31.9 Å². The molecular formula is C14H11Br2F2N. The lowest BCUT2D eigenvalue weighted by Gasteiger charge is -2.16. The number of hydrogen-bond donors (Lipinski definition) is 1. The minimum Gasteiger partial charge on any atom is -0.320 e. The second kappa shape index (κ2) is 5.69. The fourth-order valence-corrected chi connectivity index (χ4v) is 3.11. The molecule has 0 aliphatic heterocycles. The van der Waals surface area contributed by atoms with Crippen molar-refractivity contribution in [2.75, 3.05) is 0 Å². The maximum Gasteiger partial charge on any atom is 0.128 e. The van der Waals surface area contributed by atoms with E-state index in [-0.39, 0.29) is 11.1 Å². The van der Waals surface area contributed by atoms with Crippen molar-refractivity contribution in [3.05, 3.63) is 67.6 Å². The molecule has 1 nitrogen and oxygen atoms in total. The molecule has 5 heteroatoms. The van der Waals surface area contributed by atoms with E-state index in [4.69, 9.17) is 5.73 Å². The summed E-state index contributed by atoms with van der Waals surface area (Å²) < 4.78 is 29.1. The normalized spacial score (nSPS) is 12.5. The quantitative estimate of drug-likeness (QED) is 0.779. The standard InChI is InChI=1S/C14H11Br2F2N/c1-7-4-13(18)10(6-12(7)17)14(19)9-3-2-8(15)5-11(9)16/h2-6,14H,19H2,1H3. The van der Waals surface area contributed by atoms with Gasteiger partial charge in [0.2, 0.25) is 0 Å². The molecule has 0 fully saturated rings. The molecule has 1 unspecified atom stereocenters. The van der Waals surface area contributed by atoms with Crippen LogP contribution in [0.2, 0.25) is 0 Å². The summed E-state index contributed by atoms with van der Waals surface area (Å²) in [6.07, 6.45) is 0. The fraction of sp³-hybridized carbons (Fsp3) is 0.143. The molecule has 0 aliphatic rings. The highest BCUT2D eigenvalue weighted by Crippen LogP contribution is 2.31. The highest BCUT2D eigenvalue weighted by atomic mass is 79.9. The van der Waals surface area contributed by atoms with Crippen molar-refractivity contribution in [3.63, 3.8) is 0 Å². The topological polar surface area (TPSA) is 26.0 Å². The maximum atomic E-state index is 13.9. The van der Waals surface area contributed by atoms with E-state index in [2.05, 4.69) is 31.9 Å². The molecule has 2 aromatic rings. The molecule has 0 aromatic heterocycles. The number of halogens is 4. The summed E-state index contributed by atoms with van der Waals surface area (Å²) in [5, 5.41) is 0. The molecule has 0 amide bonds. The first-order valence-electron chi connectivity index (χ1n) is 5.56. The molecule has 1 atom stereocenters. The van der Waals surface area contributed by atoms with Gasteiger partial charge in [0, 0.05) is 14.5 Å². The van der Waals surface area contributed by atoms with Crippen LogP contribution in [-0.2, 0) is 0 Å². The molecule has 2 N–H and O–H groups in total. The van der Waals surface area contributed by atoms with Gasteiger partial charge in [0.1, 0.15) is 11.6 Å². The summed E-state index contributed by atoms with van der Waals surface area (Å²) >= 11 is 6.71. The number of aryl methyl sites for hydroxylation is 1. The van der Waals surface area contributed by atoms with Crippen LogP contribution in [0.3, 0.4) is 0 Å². The van der Waals surface area contributed by atoms with E-state index in [1.165, 1.54) is 6.92 Å². The maximum absolute atomic E-state index is 13.9. The number of nitrogens with two attached hydrogens (primary N) is 1. The van der Waals surface area contributed by atoms with Gasteiger partial charge >= 0.3 is 0 Å². The van der Waals surface area contributed by atoms with Crippen molar-refractivity contribution in [1.29, 1.82) is 0 Å². The fourth-order valence-electron chi connectivity index (χ4n) is 1.82. The Balaban J connectivity index is 2.49. The van der Waals surface area contributed by atoms with Gasteiger partial charge in [-0.2, -0.15) is 0 Å². The Labute approximate surface area is 127 Å². The molecule has 0 saturated carbocycles. The van der Waals surface area contributed by atoms with Crippen molar-refractivity contribution < 1.29 is 8.78 Å². The van der Waals surface area contributed by atoms with Gasteiger partial charge in [-0.05, 0) is 42.3 Å². The van der Waals surface area contributed by atoms with E-state index in [1.807, 2.05) is 12.1 Å². The van der Waals surface area contributed by atoms with Crippen LogP contribution in [0, 0.1) is 18.6 Å². The highest BCUT2D eigenvalue weighted by molar-refractivity contribution is 9.11. The Hall–Kier alpha value is -0.780. The summed E-state index contributed by atoms with van der Waals surface area (Å²) in [4.78, 5) is 0. The van der Waals surface area contributed by atoms with Crippen LogP contribution in [0.1, 0.15) is 22.7 Å². The van der Waals surface area contributed by atoms with Crippen LogP contribution >= 0.6 is 31.9 Å². The molecule has 0 aliphatic carbocycles. The first kappa shape index (κ1) is 14.6. The number of rotatable bonds is 2. The Morgan fingerprint density at radius 1 is 1.00 bits per heavy atom. The van der Waals surface area contributed by atoms with Crippen LogP contribution in [0.15, 0.2) is 39.3 Å². The second-order valence-corrected chi connectivity index (χ2v) is 6.04. The van der Waals surface area contributed by atoms with Crippen molar-refractivity contribution in [2.45, 2.75) is 13.0 Å². The molecule has 0 radical (unpaired) electrons. The Kier molecular flexibility index (Phi) is 4.38. The molecule has 0 spiro atoms. The molecule has 2 rings (SSSR count). The molecule has 0 saturated heterocycles. The minimum absolute atomic E-state index is 0.145. The monoisotopic (exact) mass is 389 g/mol. The van der Waals surface area contributed by atoms with E-state index in [1.54, 1.807) is 6.07 Å². The summed E-state index contributed by atoms with van der Waals surface area (Å²) in [5.41, 5.74) is 7.15. The van der Waals surface area contributed by atoms with Crippen molar-refractivity contribution in [1.82, 2.24) is 0 Å². The zero-order chi connectivity index (χ0) is 14.2. The third-order valence-corrected chi connectivity index (χ3v) is 4.09. The van der Waals surface area contributed by atoms with Crippen LogP contribution in [0.25, 0.3) is 0 Å². The van der Waals surface area contributed by atoms with Gasteiger partial charge in [-0.3, -0.25) is 0 Å². The lowest BCUT2D eigenvalue weighted by Crippen LogP contribution is -2.15. The van der Waals surface area contributed by atoms with Crippen molar-refractivity contribution in [2.24, 2.45) is 5.73 Å². The molecule has 2 aromatic carbocycles. The molecule has 0 bridgehead atoms. The molecule has 19 heavy (non-hydrogen) atoms. The first-order chi connectivity index (χ1) is 8.90. The van der Waals surface area contributed by atoms with Gasteiger partial charge in [-0.25, -0.2) is 8.78 Å². The third kappa shape index (κ3) is 3.04. The zero-order valence-corrected chi connectivity index (χ0v) is 13.2. The van der Waals surface area contributed by atoms with Gasteiger partial charge in [0.05, 0.1) is 6.04 Å². The van der Waals surface area contributed by atoms with E-state index >= 15 is 0 Å². The minimum atomic E-state index is -0.724. The number of benzene rings is 2. The first-order valence-corrected chi connectivity index (χ1v) is 7.15. The van der Waals surface area contributed by atoms with E-state index in [9.17, 15) is 8.78 Å². The lowest BCUT2D eigenvalue weighted by molar-refractivity contribution is 0.570. The van der Waals surface area contributed by atoms with Crippen LogP contribution in [0.4, 0.5) is 8.78 Å². The Bertz CT molecular complexity index is 629. The van der Waals surface area contributed by atoms with Gasteiger partial charge in [-0.1, -0.05) is 37.9 Å². The average Bonchev–Trinajstić information content (AvgIpc) is 2.33. The lowest BCUT2D eigenvalue weighted by atomic mass is 9.98. The average molecular weight is 391 g/mol. The summed E-state index contributed by atoms with van der Waals surface area (Å²) in [6.45, 7) is 1.52. The molecule has 100 valence electrons. The molecule has 0 heterocycles. The van der Waals surface area contributed by atoms with E-state index in [0.717, 1.165) is 21.1 Å². The SMILES string of the molecule is Cc1cc(F)c(C(N)c2ccc(Br)cc2Br)cc1F. The summed E-state index contributed by atoms with van der Waals surface area (Å²) in [7, 11) is 0. The van der Waals surface area contributed by atoms with E-state index < -0.39 is 17.7 Å². The Morgan fingerprint density at radius 2 is 1.68 bits per heavy atom. The molecular weight excluding hydrogens is 380 g/mol. The summed E-state index contributed by atoms with van der Waals surface area (Å²) in [6, 6.07) is 6.99. The van der Waals surface area contributed by atoms with Crippen molar-refractivity contribution in [3.8, 4) is 0 Å². The smallest absolute Gasteiger partial charge is 0.128 e. The predicted molar refractivity (Wildman–Crippen MR) is 79.0 cm³/mol. The zero-order valence-electron chi connectivity index (χ0n) is 10.1. The van der Waals surface area contributed by atoms with Gasteiger partial charge in [0.25, 0.3) is 0 Å². The highest BCUT2D eigenvalue weighted by Gasteiger charge is 2.18. The summed E-state index contributed by atoms with van der Waals surface area (Å²) in [5.74, 6) is -0.957. The van der Waals surface area contributed by atoms with Crippen LogP contribution in [-0.4, -0.2) is 0 Å². The second-order valence-electron chi connectivity index (χ2n) is 4.27. The van der Waals surface area contributed by atoms with E-state index in [0.29, 0.717) is 5.56 Å². The van der Waals surface area contributed by atoms with Crippen LogP contribution < -0.4 is 5.73 Å². The largest absolute Gasteiger partial charge is 0.320 e. The van der Waals surface area contributed by atoms with Gasteiger partial charge in [0.15, 0.2) is 0 Å². The third-order valence-electron chi connectivity index (χ3n) is 2.91. The number of hydrogen-bond acceptors (Lipinski definition) is 1. The van der Waals surface area contributed by atoms with Gasteiger partial charge in [-0.15, -0.1) is 0 Å². The van der Waals surface area contributed by atoms with Crippen LogP contribution in [0.5, 0.6) is 0 Å². The van der Waals surface area contributed by atoms with Gasteiger partial charge < -0.3 is 5.73 Å².